The lowest BCUT2D eigenvalue weighted by Gasteiger charge is -2.60. The molecule has 2 atom stereocenters. The average Bonchev–Trinajstić information content (AvgIpc) is 3.03. The molecular weight excluding hydrogens is 330 g/mol. The van der Waals surface area contributed by atoms with Gasteiger partial charge in [-0.3, -0.25) is 14.7 Å². The fraction of sp³-hybridized carbons (Fsp3) is 0.550. The van der Waals surface area contributed by atoms with Crippen LogP contribution in [-0.2, 0) is 9.53 Å². The van der Waals surface area contributed by atoms with E-state index in [4.69, 9.17) is 4.74 Å². The Bertz CT molecular complexity index is 889. The van der Waals surface area contributed by atoms with Gasteiger partial charge < -0.3 is 10.1 Å². The number of nitrogens with one attached hydrogen (secondary N) is 2. The summed E-state index contributed by atoms with van der Waals surface area (Å²) in [5, 5.41) is 11.3. The molecule has 4 aliphatic carbocycles. The molecule has 4 fully saturated rings. The van der Waals surface area contributed by atoms with Crippen molar-refractivity contribution in [2.24, 2.45) is 17.3 Å². The number of fused-ring (bicyclic) bond motifs is 1. The molecule has 0 saturated heterocycles. The standard InChI is InChI=1S/C20H23N3O3/c1-26-18(25)19-7-12-6-13(8-19)10-20(9-12,11-19)21-17(24)16-14-4-2-3-5-15(14)22-23-16/h2-5,12-13H,6-11H2,1H3,(H,21,24)(H,22,23)/t12-,13-,19?,20?/m1/s1. The van der Waals surface area contributed by atoms with Crippen LogP contribution >= 0.6 is 0 Å². The lowest BCUT2D eigenvalue weighted by molar-refractivity contribution is -0.171. The molecule has 136 valence electrons. The Balaban J connectivity index is 1.46. The van der Waals surface area contributed by atoms with Gasteiger partial charge in [-0.25, -0.2) is 0 Å². The first-order valence-electron chi connectivity index (χ1n) is 9.37. The molecule has 1 aromatic heterocycles. The first-order valence-corrected chi connectivity index (χ1v) is 9.37. The summed E-state index contributed by atoms with van der Waals surface area (Å²) in [7, 11) is 1.47. The van der Waals surface area contributed by atoms with Gasteiger partial charge in [0.2, 0.25) is 0 Å². The number of carbonyl (C=O) groups is 2. The minimum Gasteiger partial charge on any atom is -0.469 e. The maximum atomic E-state index is 13.0. The number of nitrogens with zero attached hydrogens (tertiary/aromatic N) is 1. The van der Waals surface area contributed by atoms with Crippen LogP contribution in [0.5, 0.6) is 0 Å². The molecule has 4 bridgehead atoms. The zero-order chi connectivity index (χ0) is 17.9. The number of hydrogen-bond donors (Lipinski definition) is 2. The van der Waals surface area contributed by atoms with E-state index in [-0.39, 0.29) is 17.4 Å². The predicted molar refractivity (Wildman–Crippen MR) is 95.4 cm³/mol. The van der Waals surface area contributed by atoms with Crippen LogP contribution in [0.1, 0.15) is 49.0 Å². The van der Waals surface area contributed by atoms with Gasteiger partial charge in [0.1, 0.15) is 0 Å². The molecule has 0 spiro atoms. The van der Waals surface area contributed by atoms with Crippen molar-refractivity contribution < 1.29 is 14.3 Å². The molecule has 6 rings (SSSR count). The van der Waals surface area contributed by atoms with E-state index in [1.54, 1.807) is 0 Å². The Hall–Kier alpha value is -2.37. The highest BCUT2D eigenvalue weighted by molar-refractivity contribution is 6.05. The molecule has 2 N–H and O–H groups in total. The number of rotatable bonds is 3. The summed E-state index contributed by atoms with van der Waals surface area (Å²) in [5.74, 6) is 0.734. The number of amides is 1. The van der Waals surface area contributed by atoms with Gasteiger partial charge in [-0.05, 0) is 56.4 Å². The zero-order valence-electron chi connectivity index (χ0n) is 14.9. The number of para-hydroxylation sites is 1. The van der Waals surface area contributed by atoms with Crippen LogP contribution in [0.3, 0.4) is 0 Å². The molecule has 26 heavy (non-hydrogen) atoms. The summed E-state index contributed by atoms with van der Waals surface area (Å²) in [5.41, 5.74) is 0.562. The Morgan fingerprint density at radius 1 is 1.19 bits per heavy atom. The van der Waals surface area contributed by atoms with Gasteiger partial charge in [-0.15, -0.1) is 0 Å². The normalized spacial score (nSPS) is 34.8. The second-order valence-electron chi connectivity index (χ2n) is 8.59. The minimum absolute atomic E-state index is 0.101. The van der Waals surface area contributed by atoms with Crippen molar-refractivity contribution in [2.45, 2.75) is 44.1 Å². The first kappa shape index (κ1) is 15.9. The second-order valence-corrected chi connectivity index (χ2v) is 8.59. The molecule has 0 aliphatic heterocycles. The Morgan fingerprint density at radius 3 is 2.65 bits per heavy atom. The number of methoxy groups -OCH3 is 1. The quantitative estimate of drug-likeness (QED) is 0.831. The van der Waals surface area contributed by atoms with E-state index < -0.39 is 5.41 Å². The number of benzene rings is 1. The van der Waals surface area contributed by atoms with Crippen molar-refractivity contribution in [3.8, 4) is 0 Å². The van der Waals surface area contributed by atoms with Crippen molar-refractivity contribution in [2.75, 3.05) is 7.11 Å². The second kappa shape index (κ2) is 5.32. The average molecular weight is 353 g/mol. The smallest absolute Gasteiger partial charge is 0.311 e. The Kier molecular flexibility index (Phi) is 3.24. The van der Waals surface area contributed by atoms with E-state index in [0.29, 0.717) is 24.0 Å². The maximum Gasteiger partial charge on any atom is 0.311 e. The Morgan fingerprint density at radius 2 is 1.92 bits per heavy atom. The zero-order valence-corrected chi connectivity index (χ0v) is 14.9. The van der Waals surface area contributed by atoms with E-state index in [9.17, 15) is 9.59 Å². The van der Waals surface area contributed by atoms with Crippen molar-refractivity contribution >= 4 is 22.8 Å². The van der Waals surface area contributed by atoms with E-state index in [2.05, 4.69) is 15.5 Å². The summed E-state index contributed by atoms with van der Waals surface area (Å²) >= 11 is 0. The molecule has 6 nitrogen and oxygen atoms in total. The molecule has 4 saturated carbocycles. The van der Waals surface area contributed by atoms with Gasteiger partial charge in [-0.2, -0.15) is 5.10 Å². The minimum atomic E-state index is -0.417. The van der Waals surface area contributed by atoms with Crippen molar-refractivity contribution in [3.63, 3.8) is 0 Å². The van der Waals surface area contributed by atoms with Gasteiger partial charge in [0, 0.05) is 10.9 Å². The van der Waals surface area contributed by atoms with Crippen LogP contribution in [0.15, 0.2) is 24.3 Å². The lowest BCUT2D eigenvalue weighted by atomic mass is 9.47. The monoisotopic (exact) mass is 353 g/mol. The number of aromatic nitrogens is 2. The number of carbonyl (C=O) groups excluding carboxylic acids is 2. The van der Waals surface area contributed by atoms with Crippen molar-refractivity contribution in [1.29, 1.82) is 0 Å². The first-order chi connectivity index (χ1) is 12.5. The highest BCUT2D eigenvalue weighted by Crippen LogP contribution is 2.62. The van der Waals surface area contributed by atoms with Crippen LogP contribution < -0.4 is 5.32 Å². The molecule has 4 aliphatic rings. The maximum absolute atomic E-state index is 13.0. The van der Waals surface area contributed by atoms with E-state index >= 15 is 0 Å². The fourth-order valence-electron chi connectivity index (χ4n) is 6.30. The highest BCUT2D eigenvalue weighted by Gasteiger charge is 2.61. The van der Waals surface area contributed by atoms with Gasteiger partial charge in [-0.1, -0.05) is 18.2 Å². The number of ether oxygens (including phenoxy) is 1. The van der Waals surface area contributed by atoms with Crippen molar-refractivity contribution in [3.05, 3.63) is 30.0 Å². The third kappa shape index (κ3) is 2.20. The summed E-state index contributed by atoms with van der Waals surface area (Å²) in [6.45, 7) is 0. The summed E-state index contributed by atoms with van der Waals surface area (Å²) < 4.78 is 5.15. The van der Waals surface area contributed by atoms with Crippen LogP contribution in [-0.4, -0.2) is 34.7 Å². The number of aromatic amines is 1. The third-order valence-electron chi connectivity index (χ3n) is 6.74. The van der Waals surface area contributed by atoms with Crippen LogP contribution in [0.4, 0.5) is 0 Å². The van der Waals surface area contributed by atoms with Gasteiger partial charge in [0.05, 0.1) is 18.0 Å². The summed E-state index contributed by atoms with van der Waals surface area (Å²) in [6.07, 6.45) is 5.57. The summed E-state index contributed by atoms with van der Waals surface area (Å²) in [6, 6.07) is 7.65. The molecule has 0 unspecified atom stereocenters. The van der Waals surface area contributed by atoms with Crippen LogP contribution in [0.25, 0.3) is 10.9 Å². The predicted octanol–water partition coefficient (Wildman–Crippen LogP) is 2.80. The van der Waals surface area contributed by atoms with E-state index in [1.165, 1.54) is 13.5 Å². The van der Waals surface area contributed by atoms with Gasteiger partial charge in [0.15, 0.2) is 5.69 Å². The van der Waals surface area contributed by atoms with Gasteiger partial charge in [0.25, 0.3) is 5.91 Å². The number of esters is 1. The topological polar surface area (TPSA) is 84.1 Å². The van der Waals surface area contributed by atoms with Gasteiger partial charge >= 0.3 is 5.97 Å². The molecule has 1 heterocycles. The largest absolute Gasteiger partial charge is 0.469 e. The molecule has 1 amide bonds. The fourth-order valence-corrected chi connectivity index (χ4v) is 6.30. The van der Waals surface area contributed by atoms with Crippen molar-refractivity contribution in [1.82, 2.24) is 15.5 Å². The SMILES string of the molecule is COC(=O)C12C[C@H]3C[C@@H](CC(NC(=O)c4n[nH]c5ccccc45)(C3)C1)C2. The number of hydrogen-bond acceptors (Lipinski definition) is 4. The molecule has 2 aromatic rings. The van der Waals surface area contributed by atoms with E-state index in [0.717, 1.165) is 36.6 Å². The summed E-state index contributed by atoms with van der Waals surface area (Å²) in [4.78, 5) is 25.6. The Labute approximate surface area is 151 Å². The highest BCUT2D eigenvalue weighted by atomic mass is 16.5. The number of H-pyrrole nitrogens is 1. The lowest BCUT2D eigenvalue weighted by Crippen LogP contribution is -2.64. The van der Waals surface area contributed by atoms with Crippen LogP contribution in [0, 0.1) is 17.3 Å². The molecular formula is C20H23N3O3. The molecule has 0 radical (unpaired) electrons. The molecule has 1 aromatic carbocycles. The third-order valence-corrected chi connectivity index (χ3v) is 6.74. The van der Waals surface area contributed by atoms with Crippen LogP contribution in [0.2, 0.25) is 0 Å². The molecule has 6 heteroatoms. The van der Waals surface area contributed by atoms with E-state index in [1.807, 2.05) is 24.3 Å².